The van der Waals surface area contributed by atoms with Crippen molar-refractivity contribution < 1.29 is 9.53 Å². The van der Waals surface area contributed by atoms with Gasteiger partial charge >= 0.3 is 0 Å². The molecule has 3 aromatic rings. The van der Waals surface area contributed by atoms with Gasteiger partial charge in [-0.25, -0.2) is 4.98 Å². The van der Waals surface area contributed by atoms with Crippen LogP contribution in [0.5, 0.6) is 0 Å². The van der Waals surface area contributed by atoms with Crippen LogP contribution < -0.4 is 0 Å². The maximum Gasteiger partial charge on any atom is 0.242 e. The number of fused-ring (bicyclic) bond motifs is 1. The molecule has 2 aliphatic rings. The van der Waals surface area contributed by atoms with Gasteiger partial charge in [-0.3, -0.25) is 9.69 Å². The van der Waals surface area contributed by atoms with Gasteiger partial charge in [-0.05, 0) is 49.9 Å². The molecule has 6 nitrogen and oxygen atoms in total. The fourth-order valence-electron chi connectivity index (χ4n) is 5.23. The first-order chi connectivity index (χ1) is 15.8. The zero-order chi connectivity index (χ0) is 21.8. The molecule has 6 heteroatoms. The molecule has 0 aliphatic carbocycles. The van der Waals surface area contributed by atoms with Gasteiger partial charge in [0.1, 0.15) is 6.54 Å². The van der Waals surface area contributed by atoms with Crippen LogP contribution in [0.15, 0.2) is 60.9 Å². The lowest BCUT2D eigenvalue weighted by Crippen LogP contribution is -2.49. The number of hydrogen-bond donors (Lipinski definition) is 0. The first kappa shape index (κ1) is 21.2. The lowest BCUT2D eigenvalue weighted by molar-refractivity contribution is -0.133. The Bertz CT molecular complexity index is 1030. The second kappa shape index (κ2) is 9.84. The Morgan fingerprint density at radius 3 is 2.59 bits per heavy atom. The van der Waals surface area contributed by atoms with Crippen LogP contribution >= 0.6 is 0 Å². The number of piperidine rings is 1. The highest BCUT2D eigenvalue weighted by molar-refractivity contribution is 5.80. The SMILES string of the molecule is O=C(Cn1cnc2ccccc21)N1CCC(N2CCC[C@@H]2COCc2ccccc2)CC1. The molecule has 0 bridgehead atoms. The molecule has 2 fully saturated rings. The highest BCUT2D eigenvalue weighted by Gasteiger charge is 2.33. The van der Waals surface area contributed by atoms with Gasteiger partial charge in [0, 0.05) is 25.2 Å². The first-order valence-electron chi connectivity index (χ1n) is 11.8. The summed E-state index contributed by atoms with van der Waals surface area (Å²) in [5.74, 6) is 0.191. The monoisotopic (exact) mass is 432 g/mol. The zero-order valence-electron chi connectivity index (χ0n) is 18.6. The molecule has 1 amide bonds. The molecule has 168 valence electrons. The van der Waals surface area contributed by atoms with E-state index in [0.717, 1.165) is 50.1 Å². The molecule has 2 saturated heterocycles. The highest BCUT2D eigenvalue weighted by atomic mass is 16.5. The van der Waals surface area contributed by atoms with Crippen molar-refractivity contribution in [1.29, 1.82) is 0 Å². The number of para-hydroxylation sites is 2. The second-order valence-electron chi connectivity index (χ2n) is 9.01. The van der Waals surface area contributed by atoms with Gasteiger partial charge in [-0.2, -0.15) is 0 Å². The lowest BCUT2D eigenvalue weighted by Gasteiger charge is -2.39. The van der Waals surface area contributed by atoms with Crippen molar-refractivity contribution >= 4 is 16.9 Å². The van der Waals surface area contributed by atoms with Crippen LogP contribution in [0.1, 0.15) is 31.2 Å². The third kappa shape index (κ3) is 4.71. The Kier molecular flexibility index (Phi) is 6.51. The van der Waals surface area contributed by atoms with Crippen LogP contribution in [0.4, 0.5) is 0 Å². The van der Waals surface area contributed by atoms with E-state index >= 15 is 0 Å². The number of likely N-dealkylation sites (tertiary alicyclic amines) is 2. The number of ether oxygens (including phenoxy) is 1. The largest absolute Gasteiger partial charge is 0.375 e. The normalized spacial score (nSPS) is 20.2. The maximum absolute atomic E-state index is 12.9. The van der Waals surface area contributed by atoms with Crippen LogP contribution in [0.3, 0.4) is 0 Å². The Hall–Kier alpha value is -2.70. The topological polar surface area (TPSA) is 50.6 Å². The van der Waals surface area contributed by atoms with Crippen LogP contribution in [0.25, 0.3) is 11.0 Å². The Balaban J connectivity index is 1.11. The third-order valence-corrected chi connectivity index (χ3v) is 6.96. The Morgan fingerprint density at radius 2 is 1.75 bits per heavy atom. The number of carbonyl (C=O) groups is 1. The van der Waals surface area contributed by atoms with Crippen molar-refractivity contribution in [2.45, 2.75) is 50.9 Å². The van der Waals surface area contributed by atoms with Crippen molar-refractivity contribution in [1.82, 2.24) is 19.4 Å². The summed E-state index contributed by atoms with van der Waals surface area (Å²) >= 11 is 0. The van der Waals surface area contributed by atoms with E-state index in [1.165, 1.54) is 18.4 Å². The minimum Gasteiger partial charge on any atom is -0.375 e. The van der Waals surface area contributed by atoms with Crippen LogP contribution in [-0.2, 0) is 22.7 Å². The van der Waals surface area contributed by atoms with Crippen molar-refractivity contribution in [2.75, 3.05) is 26.2 Å². The predicted molar refractivity (Wildman–Crippen MR) is 125 cm³/mol. The van der Waals surface area contributed by atoms with Gasteiger partial charge in [0.05, 0.1) is 30.6 Å². The van der Waals surface area contributed by atoms with E-state index in [9.17, 15) is 4.79 Å². The molecule has 5 rings (SSSR count). The van der Waals surface area contributed by atoms with E-state index in [1.54, 1.807) is 6.33 Å². The van der Waals surface area contributed by atoms with Gasteiger partial charge in [0.25, 0.3) is 0 Å². The van der Waals surface area contributed by atoms with E-state index in [1.807, 2.05) is 39.8 Å². The highest BCUT2D eigenvalue weighted by Crippen LogP contribution is 2.27. The molecule has 0 spiro atoms. The molecule has 3 heterocycles. The van der Waals surface area contributed by atoms with Crippen LogP contribution in [0.2, 0.25) is 0 Å². The summed E-state index contributed by atoms with van der Waals surface area (Å²) in [6.07, 6.45) is 6.32. The number of amides is 1. The van der Waals surface area contributed by atoms with Crippen LogP contribution in [0, 0.1) is 0 Å². The van der Waals surface area contributed by atoms with Gasteiger partial charge in [-0.1, -0.05) is 42.5 Å². The first-order valence-corrected chi connectivity index (χ1v) is 11.8. The minimum absolute atomic E-state index is 0.191. The summed E-state index contributed by atoms with van der Waals surface area (Å²) in [7, 11) is 0. The van der Waals surface area contributed by atoms with E-state index in [2.05, 4.69) is 34.1 Å². The standard InChI is InChI=1S/C26H32N4O2/c31-26(17-29-20-27-24-10-4-5-11-25(24)29)28-15-12-22(13-16-28)30-14-6-9-23(30)19-32-18-21-7-2-1-3-8-21/h1-5,7-8,10-11,20,22-23H,6,9,12-19H2/t23-/m1/s1. The number of hydrogen-bond acceptors (Lipinski definition) is 4. The molecular weight excluding hydrogens is 400 g/mol. The fraction of sp³-hybridized carbons (Fsp3) is 0.462. The van der Waals surface area contributed by atoms with Gasteiger partial charge in [0.15, 0.2) is 0 Å². The number of aromatic nitrogens is 2. The number of imidazole rings is 1. The predicted octanol–water partition coefficient (Wildman–Crippen LogP) is 3.71. The zero-order valence-corrected chi connectivity index (χ0v) is 18.6. The molecule has 0 unspecified atom stereocenters. The molecule has 0 N–H and O–H groups in total. The minimum atomic E-state index is 0.191. The summed E-state index contributed by atoms with van der Waals surface area (Å²) in [6, 6.07) is 19.4. The van der Waals surface area contributed by atoms with Crippen molar-refractivity contribution in [3.63, 3.8) is 0 Å². The molecule has 1 atom stereocenters. The summed E-state index contributed by atoms with van der Waals surface area (Å²) in [6.45, 7) is 4.67. The van der Waals surface area contributed by atoms with E-state index in [4.69, 9.17) is 4.74 Å². The van der Waals surface area contributed by atoms with Crippen molar-refractivity contribution in [2.24, 2.45) is 0 Å². The fourth-order valence-corrected chi connectivity index (χ4v) is 5.23. The molecular formula is C26H32N4O2. The van der Waals surface area contributed by atoms with E-state index < -0.39 is 0 Å². The van der Waals surface area contributed by atoms with Crippen LogP contribution in [-0.4, -0.2) is 63.6 Å². The number of benzene rings is 2. The van der Waals surface area contributed by atoms with Crippen molar-refractivity contribution in [3.05, 3.63) is 66.5 Å². The number of rotatable bonds is 7. The Labute approximate surface area is 189 Å². The van der Waals surface area contributed by atoms with Gasteiger partial charge in [-0.15, -0.1) is 0 Å². The average molecular weight is 433 g/mol. The van der Waals surface area contributed by atoms with Crippen molar-refractivity contribution in [3.8, 4) is 0 Å². The van der Waals surface area contributed by atoms with E-state index in [0.29, 0.717) is 25.2 Å². The molecule has 0 saturated carbocycles. The quantitative estimate of drug-likeness (QED) is 0.571. The summed E-state index contributed by atoms with van der Waals surface area (Å²) in [5, 5.41) is 0. The lowest BCUT2D eigenvalue weighted by atomic mass is 10.0. The molecule has 32 heavy (non-hydrogen) atoms. The van der Waals surface area contributed by atoms with E-state index in [-0.39, 0.29) is 5.91 Å². The summed E-state index contributed by atoms with van der Waals surface area (Å²) < 4.78 is 8.03. The number of carbonyl (C=O) groups excluding carboxylic acids is 1. The summed E-state index contributed by atoms with van der Waals surface area (Å²) in [5.41, 5.74) is 3.19. The molecule has 0 radical (unpaired) electrons. The smallest absolute Gasteiger partial charge is 0.242 e. The average Bonchev–Trinajstić information content (AvgIpc) is 3.47. The second-order valence-corrected chi connectivity index (χ2v) is 9.01. The number of nitrogens with zero attached hydrogens (tertiary/aromatic N) is 4. The Morgan fingerprint density at radius 1 is 0.969 bits per heavy atom. The summed E-state index contributed by atoms with van der Waals surface area (Å²) in [4.78, 5) is 22.0. The molecule has 2 aliphatic heterocycles. The molecule has 2 aromatic carbocycles. The molecule has 1 aromatic heterocycles. The third-order valence-electron chi connectivity index (χ3n) is 6.96. The van der Waals surface area contributed by atoms with Gasteiger partial charge < -0.3 is 14.2 Å². The maximum atomic E-state index is 12.9. The van der Waals surface area contributed by atoms with Gasteiger partial charge in [0.2, 0.25) is 5.91 Å².